The first-order valence-corrected chi connectivity index (χ1v) is 4.60. The highest BCUT2D eigenvalue weighted by Gasteiger charge is 2.17. The third-order valence-electron chi connectivity index (χ3n) is 1.74. The van der Waals surface area contributed by atoms with Gasteiger partial charge in [-0.15, -0.1) is 0 Å². The van der Waals surface area contributed by atoms with E-state index in [0.717, 1.165) is 6.07 Å². The first kappa shape index (κ1) is 11.5. The van der Waals surface area contributed by atoms with Crippen LogP contribution in [0.4, 0.5) is 0 Å². The topological polar surface area (TPSA) is 83.8 Å². The van der Waals surface area contributed by atoms with Crippen molar-refractivity contribution in [2.75, 3.05) is 7.11 Å². The molecule has 0 aromatic heterocycles. The van der Waals surface area contributed by atoms with Gasteiger partial charge in [-0.05, 0) is 28.1 Å². The molecule has 0 saturated carbocycles. The van der Waals surface area contributed by atoms with Gasteiger partial charge >= 0.3 is 11.9 Å². The van der Waals surface area contributed by atoms with Crippen LogP contribution < -0.4 is 4.74 Å². The maximum absolute atomic E-state index is 10.8. The molecule has 0 spiro atoms. The molecule has 1 aromatic carbocycles. The van der Waals surface area contributed by atoms with Crippen LogP contribution in [0.5, 0.6) is 5.75 Å². The average Bonchev–Trinajstić information content (AvgIpc) is 2.17. The summed E-state index contributed by atoms with van der Waals surface area (Å²) in [6.45, 7) is 0. The van der Waals surface area contributed by atoms with Gasteiger partial charge in [0, 0.05) is 0 Å². The Bertz CT molecular complexity index is 427. The molecule has 5 nitrogen and oxygen atoms in total. The predicted octanol–water partition coefficient (Wildman–Crippen LogP) is 1.85. The summed E-state index contributed by atoms with van der Waals surface area (Å²) in [5.41, 5.74) is -0.279. The maximum Gasteiger partial charge on any atom is 0.337 e. The molecule has 0 saturated heterocycles. The van der Waals surface area contributed by atoms with Gasteiger partial charge in [0.25, 0.3) is 0 Å². The Labute approximate surface area is 93.4 Å². The summed E-state index contributed by atoms with van der Waals surface area (Å²) in [5, 5.41) is 17.6. The Balaban J connectivity index is 3.45. The van der Waals surface area contributed by atoms with E-state index in [2.05, 4.69) is 15.9 Å². The standard InChI is InChI=1S/C9H7BrO5/c1-15-6-3-4(8(11)12)2-5(7(6)10)9(13)14/h2-3H,1H3,(H,11,12)(H,13,14). The molecule has 1 aromatic rings. The van der Waals surface area contributed by atoms with Gasteiger partial charge < -0.3 is 14.9 Å². The van der Waals surface area contributed by atoms with Crippen molar-refractivity contribution in [2.24, 2.45) is 0 Å². The summed E-state index contributed by atoms with van der Waals surface area (Å²) in [6.07, 6.45) is 0. The second-order valence-corrected chi connectivity index (χ2v) is 3.44. The zero-order chi connectivity index (χ0) is 11.6. The summed E-state index contributed by atoms with van der Waals surface area (Å²) < 4.78 is 5.08. The van der Waals surface area contributed by atoms with Gasteiger partial charge in [-0.25, -0.2) is 9.59 Å². The van der Waals surface area contributed by atoms with E-state index >= 15 is 0 Å². The number of carboxylic acid groups (broad SMARTS) is 2. The van der Waals surface area contributed by atoms with Crippen molar-refractivity contribution in [3.05, 3.63) is 27.7 Å². The highest BCUT2D eigenvalue weighted by atomic mass is 79.9. The average molecular weight is 275 g/mol. The minimum atomic E-state index is -1.22. The lowest BCUT2D eigenvalue weighted by molar-refractivity contribution is 0.0695. The predicted molar refractivity (Wildman–Crippen MR) is 54.6 cm³/mol. The van der Waals surface area contributed by atoms with Crippen LogP contribution in [0, 0.1) is 0 Å². The molecule has 0 bridgehead atoms. The van der Waals surface area contributed by atoms with E-state index < -0.39 is 11.9 Å². The number of benzene rings is 1. The minimum Gasteiger partial charge on any atom is -0.496 e. The van der Waals surface area contributed by atoms with E-state index in [-0.39, 0.29) is 21.3 Å². The number of methoxy groups -OCH3 is 1. The van der Waals surface area contributed by atoms with E-state index in [0.29, 0.717) is 0 Å². The zero-order valence-electron chi connectivity index (χ0n) is 7.65. The number of carboxylic acids is 2. The van der Waals surface area contributed by atoms with Crippen molar-refractivity contribution in [3.63, 3.8) is 0 Å². The van der Waals surface area contributed by atoms with Crippen molar-refractivity contribution < 1.29 is 24.5 Å². The van der Waals surface area contributed by atoms with Crippen LogP contribution in [0.2, 0.25) is 0 Å². The first-order chi connectivity index (χ1) is 6.97. The van der Waals surface area contributed by atoms with Gasteiger partial charge in [0.05, 0.1) is 22.7 Å². The lowest BCUT2D eigenvalue weighted by atomic mass is 10.1. The second-order valence-electron chi connectivity index (χ2n) is 2.65. The van der Waals surface area contributed by atoms with Crippen LogP contribution in [0.25, 0.3) is 0 Å². The maximum atomic E-state index is 10.8. The molecule has 2 N–H and O–H groups in total. The molecule has 80 valence electrons. The Morgan fingerprint density at radius 1 is 1.27 bits per heavy atom. The molecular formula is C9H7BrO5. The molecule has 0 amide bonds. The molecule has 15 heavy (non-hydrogen) atoms. The van der Waals surface area contributed by atoms with Crippen molar-refractivity contribution in [3.8, 4) is 5.75 Å². The van der Waals surface area contributed by atoms with Crippen molar-refractivity contribution >= 4 is 27.9 Å². The van der Waals surface area contributed by atoms with Gasteiger partial charge in [0.15, 0.2) is 0 Å². The zero-order valence-corrected chi connectivity index (χ0v) is 9.24. The fourth-order valence-electron chi connectivity index (χ4n) is 1.03. The van der Waals surface area contributed by atoms with Crippen LogP contribution in [-0.4, -0.2) is 29.3 Å². The van der Waals surface area contributed by atoms with E-state index in [4.69, 9.17) is 14.9 Å². The Kier molecular flexibility index (Phi) is 3.31. The number of halogens is 1. The largest absolute Gasteiger partial charge is 0.496 e. The second kappa shape index (κ2) is 4.31. The number of carbonyl (C=O) groups is 2. The molecule has 0 heterocycles. The molecule has 0 aliphatic carbocycles. The SMILES string of the molecule is COc1cc(C(=O)O)cc(C(=O)O)c1Br. The fourth-order valence-corrected chi connectivity index (χ4v) is 1.59. The highest BCUT2D eigenvalue weighted by Crippen LogP contribution is 2.30. The first-order valence-electron chi connectivity index (χ1n) is 3.81. The summed E-state index contributed by atoms with van der Waals surface area (Å²) in [7, 11) is 1.33. The Morgan fingerprint density at radius 3 is 2.27 bits per heavy atom. The Morgan fingerprint density at radius 2 is 1.87 bits per heavy atom. The summed E-state index contributed by atoms with van der Waals surface area (Å²) in [5.74, 6) is -2.25. The monoisotopic (exact) mass is 274 g/mol. The molecule has 6 heteroatoms. The van der Waals surface area contributed by atoms with E-state index in [9.17, 15) is 9.59 Å². The van der Waals surface area contributed by atoms with Crippen LogP contribution in [0.3, 0.4) is 0 Å². The van der Waals surface area contributed by atoms with Crippen molar-refractivity contribution in [1.82, 2.24) is 0 Å². The summed E-state index contributed by atoms with van der Waals surface area (Å²) >= 11 is 3.03. The van der Waals surface area contributed by atoms with E-state index in [1.54, 1.807) is 0 Å². The van der Waals surface area contributed by atoms with E-state index in [1.807, 2.05) is 0 Å². The molecule has 0 unspecified atom stereocenters. The summed E-state index contributed by atoms with van der Waals surface area (Å²) in [4.78, 5) is 21.5. The lowest BCUT2D eigenvalue weighted by Gasteiger charge is -2.07. The lowest BCUT2D eigenvalue weighted by Crippen LogP contribution is -2.04. The van der Waals surface area contributed by atoms with Gasteiger partial charge in [-0.1, -0.05) is 0 Å². The minimum absolute atomic E-state index is 0.132. The van der Waals surface area contributed by atoms with Crippen LogP contribution in [-0.2, 0) is 0 Å². The van der Waals surface area contributed by atoms with Gasteiger partial charge in [0.2, 0.25) is 0 Å². The molecule has 0 radical (unpaired) electrons. The normalized spacial score (nSPS) is 9.73. The summed E-state index contributed by atoms with van der Waals surface area (Å²) in [6, 6.07) is 2.32. The van der Waals surface area contributed by atoms with Gasteiger partial charge in [-0.2, -0.15) is 0 Å². The van der Waals surface area contributed by atoms with Gasteiger partial charge in [0.1, 0.15) is 5.75 Å². The molecule has 0 aliphatic heterocycles. The number of hydrogen-bond acceptors (Lipinski definition) is 3. The molecule has 0 atom stereocenters. The molecular weight excluding hydrogens is 268 g/mol. The van der Waals surface area contributed by atoms with Crippen LogP contribution >= 0.6 is 15.9 Å². The molecule has 1 rings (SSSR count). The molecule has 0 fully saturated rings. The number of hydrogen-bond donors (Lipinski definition) is 2. The molecule has 0 aliphatic rings. The highest BCUT2D eigenvalue weighted by molar-refractivity contribution is 9.10. The number of ether oxygens (including phenoxy) is 1. The van der Waals surface area contributed by atoms with Crippen molar-refractivity contribution in [1.29, 1.82) is 0 Å². The Hall–Kier alpha value is -1.56. The van der Waals surface area contributed by atoms with Crippen LogP contribution in [0.1, 0.15) is 20.7 Å². The van der Waals surface area contributed by atoms with Gasteiger partial charge in [-0.3, -0.25) is 0 Å². The fraction of sp³-hybridized carbons (Fsp3) is 0.111. The van der Waals surface area contributed by atoms with Crippen LogP contribution in [0.15, 0.2) is 16.6 Å². The van der Waals surface area contributed by atoms with Crippen molar-refractivity contribution in [2.45, 2.75) is 0 Å². The quantitative estimate of drug-likeness (QED) is 0.879. The third-order valence-corrected chi connectivity index (χ3v) is 2.55. The smallest absolute Gasteiger partial charge is 0.337 e. The number of rotatable bonds is 3. The number of aromatic carboxylic acids is 2. The third kappa shape index (κ3) is 2.27. The van der Waals surface area contributed by atoms with E-state index in [1.165, 1.54) is 13.2 Å².